The lowest BCUT2D eigenvalue weighted by atomic mass is 9.97. The first-order valence-corrected chi connectivity index (χ1v) is 17.1. The Morgan fingerprint density at radius 3 is 1.36 bits per heavy atom. The minimum absolute atomic E-state index is 0.0642. The topological polar surface area (TPSA) is 168 Å². The van der Waals surface area contributed by atoms with Crippen LogP contribution in [-0.2, 0) is 37.9 Å². The molecule has 4 aromatic rings. The second-order valence-electron chi connectivity index (χ2n) is 11.6. The number of ether oxygens (including phenoxy) is 8. The van der Waals surface area contributed by atoms with Gasteiger partial charge in [0.15, 0.2) is 24.6 Å². The molecule has 1 heterocycles. The summed E-state index contributed by atoms with van der Waals surface area (Å²) in [6.45, 7) is 0.896. The third kappa shape index (κ3) is 11.5. The highest BCUT2D eigenvalue weighted by Crippen LogP contribution is 2.32. The van der Waals surface area contributed by atoms with Crippen LogP contribution in [0, 0.1) is 0 Å². The van der Waals surface area contributed by atoms with Crippen LogP contribution in [0.2, 0.25) is 0 Å². The van der Waals surface area contributed by atoms with Gasteiger partial charge in [-0.05, 0) is 48.5 Å². The largest absolute Gasteiger partial charge is 0.459 e. The molecule has 1 fully saturated rings. The molecular formula is C40H41NO12. The Bertz CT molecular complexity index is 1730. The third-order valence-electron chi connectivity index (χ3n) is 7.88. The Morgan fingerprint density at radius 1 is 0.491 bits per heavy atom. The van der Waals surface area contributed by atoms with E-state index in [2.05, 4.69) is 0 Å². The van der Waals surface area contributed by atoms with Crippen LogP contribution in [-0.4, -0.2) is 101 Å². The predicted molar refractivity (Wildman–Crippen MR) is 189 cm³/mol. The number of rotatable bonds is 18. The van der Waals surface area contributed by atoms with Crippen LogP contribution in [0.4, 0.5) is 0 Å². The van der Waals surface area contributed by atoms with Crippen LogP contribution in [0.25, 0.3) is 0 Å². The van der Waals surface area contributed by atoms with Crippen molar-refractivity contribution in [2.75, 3.05) is 46.2 Å². The van der Waals surface area contributed by atoms with Gasteiger partial charge in [0.25, 0.3) is 0 Å². The van der Waals surface area contributed by atoms with Crippen LogP contribution in [0.5, 0.6) is 0 Å². The van der Waals surface area contributed by atoms with Crippen LogP contribution >= 0.6 is 0 Å². The molecule has 278 valence electrons. The molecule has 5 rings (SSSR count). The Morgan fingerprint density at radius 2 is 0.887 bits per heavy atom. The first-order valence-electron chi connectivity index (χ1n) is 17.1. The molecule has 0 aromatic heterocycles. The van der Waals surface area contributed by atoms with Gasteiger partial charge in [-0.3, -0.25) is 0 Å². The zero-order valence-corrected chi connectivity index (χ0v) is 28.9. The quantitative estimate of drug-likeness (QED) is 0.0878. The van der Waals surface area contributed by atoms with E-state index in [1.54, 1.807) is 121 Å². The van der Waals surface area contributed by atoms with E-state index in [1.165, 1.54) is 0 Å². The lowest BCUT2D eigenvalue weighted by Gasteiger charge is -2.44. The zero-order valence-electron chi connectivity index (χ0n) is 28.9. The average Bonchev–Trinajstić information content (AvgIpc) is 3.21. The molecule has 1 aliphatic rings. The van der Waals surface area contributed by atoms with E-state index in [9.17, 15) is 19.2 Å². The van der Waals surface area contributed by atoms with Crippen molar-refractivity contribution in [3.8, 4) is 0 Å². The van der Waals surface area contributed by atoms with Crippen LogP contribution < -0.4 is 5.73 Å². The SMILES string of the molecule is NCCOCCOCCO[C@@H]1OC(COC(=O)c2ccccc2)[C@H](OC(=O)c2ccccc2)[C@H](OC(=O)c2ccccc2)C1OC(=O)c1ccccc1. The summed E-state index contributed by atoms with van der Waals surface area (Å²) >= 11 is 0. The monoisotopic (exact) mass is 727 g/mol. The molecule has 0 bridgehead atoms. The van der Waals surface area contributed by atoms with E-state index in [1.807, 2.05) is 0 Å². The number of hydrogen-bond acceptors (Lipinski definition) is 13. The number of carbonyl (C=O) groups is 4. The Hall–Kier alpha value is -5.44. The molecule has 13 nitrogen and oxygen atoms in total. The summed E-state index contributed by atoms with van der Waals surface area (Å²) in [4.78, 5) is 53.9. The number of esters is 4. The molecule has 1 aliphatic heterocycles. The van der Waals surface area contributed by atoms with Crippen molar-refractivity contribution in [1.29, 1.82) is 0 Å². The molecule has 2 N–H and O–H groups in total. The van der Waals surface area contributed by atoms with Crippen LogP contribution in [0.3, 0.4) is 0 Å². The van der Waals surface area contributed by atoms with E-state index in [0.717, 1.165) is 0 Å². The highest BCUT2D eigenvalue weighted by molar-refractivity contribution is 5.91. The van der Waals surface area contributed by atoms with Gasteiger partial charge in [-0.25, -0.2) is 19.2 Å². The summed E-state index contributed by atoms with van der Waals surface area (Å²) in [6, 6.07) is 32.6. The van der Waals surface area contributed by atoms with Crippen molar-refractivity contribution in [2.45, 2.75) is 30.7 Å². The maximum Gasteiger partial charge on any atom is 0.338 e. The summed E-state index contributed by atoms with van der Waals surface area (Å²) < 4.78 is 47.0. The van der Waals surface area contributed by atoms with Crippen molar-refractivity contribution in [1.82, 2.24) is 0 Å². The van der Waals surface area contributed by atoms with Crippen molar-refractivity contribution >= 4 is 23.9 Å². The minimum atomic E-state index is -1.52. The van der Waals surface area contributed by atoms with Crippen molar-refractivity contribution in [2.24, 2.45) is 5.73 Å². The molecule has 53 heavy (non-hydrogen) atoms. The van der Waals surface area contributed by atoms with Gasteiger partial charge in [-0.2, -0.15) is 0 Å². The van der Waals surface area contributed by atoms with Gasteiger partial charge in [0.1, 0.15) is 12.7 Å². The molecule has 0 amide bonds. The number of benzene rings is 4. The molecule has 0 radical (unpaired) electrons. The smallest absolute Gasteiger partial charge is 0.338 e. The van der Waals surface area contributed by atoms with Crippen LogP contribution in [0.15, 0.2) is 121 Å². The first-order chi connectivity index (χ1) is 25.9. The predicted octanol–water partition coefficient (Wildman–Crippen LogP) is 4.25. The summed E-state index contributed by atoms with van der Waals surface area (Å²) in [6.07, 6.45) is -7.17. The zero-order chi connectivity index (χ0) is 37.3. The minimum Gasteiger partial charge on any atom is -0.459 e. The van der Waals surface area contributed by atoms with Crippen molar-refractivity contribution in [3.63, 3.8) is 0 Å². The molecule has 0 saturated carbocycles. The number of hydrogen-bond donors (Lipinski definition) is 1. The molecule has 2 unspecified atom stereocenters. The van der Waals surface area contributed by atoms with Gasteiger partial charge >= 0.3 is 23.9 Å². The fourth-order valence-electron chi connectivity index (χ4n) is 5.29. The summed E-state index contributed by atoms with van der Waals surface area (Å²) in [5.41, 5.74) is 6.27. The van der Waals surface area contributed by atoms with E-state index in [4.69, 9.17) is 43.6 Å². The molecule has 1 saturated heterocycles. The molecule has 5 atom stereocenters. The van der Waals surface area contributed by atoms with E-state index in [0.29, 0.717) is 19.8 Å². The maximum absolute atomic E-state index is 13.7. The molecular weight excluding hydrogens is 686 g/mol. The van der Waals surface area contributed by atoms with E-state index < -0.39 is 61.2 Å². The van der Waals surface area contributed by atoms with Gasteiger partial charge < -0.3 is 43.6 Å². The van der Waals surface area contributed by atoms with Gasteiger partial charge in [-0.15, -0.1) is 0 Å². The highest BCUT2D eigenvalue weighted by Gasteiger charge is 2.53. The maximum atomic E-state index is 13.7. The highest BCUT2D eigenvalue weighted by atomic mass is 16.7. The second-order valence-corrected chi connectivity index (χ2v) is 11.6. The molecule has 4 aromatic carbocycles. The normalized spacial score (nSPS) is 19.5. The Balaban J connectivity index is 1.48. The summed E-state index contributed by atoms with van der Waals surface area (Å²) in [5.74, 6) is -3.07. The number of carbonyl (C=O) groups excluding carboxylic acids is 4. The Kier molecular flexibility index (Phi) is 15.0. The van der Waals surface area contributed by atoms with Gasteiger partial charge in [0.2, 0.25) is 0 Å². The lowest BCUT2D eigenvalue weighted by molar-refractivity contribution is -0.299. The standard InChI is InChI=1S/C40H41NO12/c41-21-22-46-23-24-47-25-26-48-40-35(53-39(45)31-19-11-4-12-20-31)34(52-38(44)30-17-9-3-10-18-30)33(51-37(43)29-15-7-2-8-16-29)32(50-40)27-49-36(42)28-13-5-1-6-14-28/h1-20,32-35,40H,21-27,41H2/t32?,33-,34-,35?,40+/m0/s1. The summed E-state index contributed by atoms with van der Waals surface area (Å²) in [5, 5.41) is 0. The van der Waals surface area contributed by atoms with Crippen molar-refractivity contribution < 1.29 is 57.1 Å². The fourth-order valence-corrected chi connectivity index (χ4v) is 5.29. The lowest BCUT2D eigenvalue weighted by Crippen LogP contribution is -2.63. The third-order valence-corrected chi connectivity index (χ3v) is 7.88. The van der Waals surface area contributed by atoms with Gasteiger partial charge in [0.05, 0.1) is 55.3 Å². The van der Waals surface area contributed by atoms with Crippen molar-refractivity contribution in [3.05, 3.63) is 144 Å². The molecule has 13 heteroatoms. The average molecular weight is 728 g/mol. The molecule has 0 aliphatic carbocycles. The molecule has 0 spiro atoms. The summed E-state index contributed by atoms with van der Waals surface area (Å²) in [7, 11) is 0. The first kappa shape index (κ1) is 38.8. The van der Waals surface area contributed by atoms with Gasteiger partial charge in [-0.1, -0.05) is 72.8 Å². The fraction of sp³-hybridized carbons (Fsp3) is 0.300. The van der Waals surface area contributed by atoms with E-state index >= 15 is 0 Å². The van der Waals surface area contributed by atoms with Gasteiger partial charge in [0, 0.05) is 6.54 Å². The van der Waals surface area contributed by atoms with E-state index in [-0.39, 0.29) is 42.1 Å². The Labute approximate surface area is 306 Å². The number of nitrogens with two attached hydrogens (primary N) is 1. The second kappa shape index (κ2) is 20.6. The van der Waals surface area contributed by atoms with Crippen LogP contribution in [0.1, 0.15) is 41.4 Å².